The van der Waals surface area contributed by atoms with Crippen molar-refractivity contribution in [1.82, 2.24) is 9.66 Å². The standard InChI is InChI=1S/C34H31IN4O5/c1-5-43-32-16-22(4)28(18-27(32)21(2)3)33-37-30-9-7-6-8-26(30)34(40)38(33)36-19-24-12-15-31(29(35)17-24)44-20-23-10-13-25(14-11-23)39(41)42/h6-19,21H,5,20H2,1-4H3. The Hall–Kier alpha value is -4.58. The lowest BCUT2D eigenvalue weighted by Crippen LogP contribution is -2.21. The van der Waals surface area contributed by atoms with Gasteiger partial charge in [-0.3, -0.25) is 14.9 Å². The summed E-state index contributed by atoms with van der Waals surface area (Å²) in [6, 6.07) is 23.2. The number of hydrogen-bond acceptors (Lipinski definition) is 7. The van der Waals surface area contributed by atoms with E-state index in [2.05, 4.69) is 41.5 Å². The number of nitro benzene ring substituents is 1. The number of aromatic nitrogens is 2. The van der Waals surface area contributed by atoms with Crippen molar-refractivity contribution in [1.29, 1.82) is 0 Å². The first kappa shape index (κ1) is 30.9. The smallest absolute Gasteiger partial charge is 0.282 e. The van der Waals surface area contributed by atoms with Crippen molar-refractivity contribution in [3.63, 3.8) is 0 Å². The number of aryl methyl sites for hydroxylation is 1. The zero-order chi connectivity index (χ0) is 31.4. The highest BCUT2D eigenvalue weighted by molar-refractivity contribution is 14.1. The number of rotatable bonds is 10. The molecular weight excluding hydrogens is 671 g/mol. The minimum atomic E-state index is -0.429. The molecule has 0 unspecified atom stereocenters. The van der Waals surface area contributed by atoms with Crippen molar-refractivity contribution in [2.45, 2.75) is 40.2 Å². The second kappa shape index (κ2) is 13.4. The predicted molar refractivity (Wildman–Crippen MR) is 181 cm³/mol. The molecule has 0 aliphatic carbocycles. The average molecular weight is 703 g/mol. The fraction of sp³-hybridized carbons (Fsp3) is 0.206. The monoisotopic (exact) mass is 702 g/mol. The Labute approximate surface area is 268 Å². The first-order valence-electron chi connectivity index (χ1n) is 14.2. The van der Waals surface area contributed by atoms with Crippen LogP contribution in [0.2, 0.25) is 0 Å². The van der Waals surface area contributed by atoms with Crippen molar-refractivity contribution >= 4 is 45.4 Å². The molecule has 0 radical (unpaired) electrons. The number of hydrogen-bond donors (Lipinski definition) is 0. The van der Waals surface area contributed by atoms with Crippen molar-refractivity contribution in [2.75, 3.05) is 6.61 Å². The molecule has 1 heterocycles. The van der Waals surface area contributed by atoms with E-state index in [0.29, 0.717) is 29.1 Å². The van der Waals surface area contributed by atoms with Gasteiger partial charge < -0.3 is 9.47 Å². The van der Waals surface area contributed by atoms with Crippen LogP contribution in [0, 0.1) is 20.6 Å². The Bertz CT molecular complexity index is 1930. The molecule has 0 bridgehead atoms. The van der Waals surface area contributed by atoms with Gasteiger partial charge in [-0.25, -0.2) is 4.98 Å². The van der Waals surface area contributed by atoms with Gasteiger partial charge in [0.1, 0.15) is 18.1 Å². The summed E-state index contributed by atoms with van der Waals surface area (Å²) in [6.07, 6.45) is 1.64. The van der Waals surface area contributed by atoms with Gasteiger partial charge in [-0.05, 0) is 119 Å². The Kier molecular flexibility index (Phi) is 9.38. The van der Waals surface area contributed by atoms with Gasteiger partial charge in [-0.15, -0.1) is 0 Å². The maximum atomic E-state index is 13.8. The second-order valence-electron chi connectivity index (χ2n) is 10.5. The summed E-state index contributed by atoms with van der Waals surface area (Å²) in [7, 11) is 0. The Morgan fingerprint density at radius 2 is 1.77 bits per heavy atom. The Morgan fingerprint density at radius 1 is 1.02 bits per heavy atom. The van der Waals surface area contributed by atoms with Crippen LogP contribution in [0.1, 0.15) is 48.9 Å². The first-order valence-corrected chi connectivity index (χ1v) is 15.2. The molecule has 0 saturated heterocycles. The molecular formula is C34H31IN4O5. The number of nitro groups is 1. The molecule has 0 amide bonds. The molecule has 0 aliphatic heterocycles. The lowest BCUT2D eigenvalue weighted by Gasteiger charge is -2.18. The molecule has 0 aliphatic rings. The third-order valence-electron chi connectivity index (χ3n) is 7.09. The largest absolute Gasteiger partial charge is 0.494 e. The number of non-ortho nitro benzene ring substituents is 1. The SMILES string of the molecule is CCOc1cc(C)c(-c2nc3ccccc3c(=O)n2N=Cc2ccc(OCc3ccc([N+](=O)[O-])cc3)c(I)c2)cc1C(C)C. The molecule has 0 fully saturated rings. The molecule has 0 spiro atoms. The van der Waals surface area contributed by atoms with Gasteiger partial charge in [0, 0.05) is 17.7 Å². The number of fused-ring (bicyclic) bond motifs is 1. The molecule has 10 heteroatoms. The number of para-hydroxylation sites is 1. The Morgan fingerprint density at radius 3 is 2.45 bits per heavy atom. The van der Waals surface area contributed by atoms with Gasteiger partial charge in [0.25, 0.3) is 11.2 Å². The summed E-state index contributed by atoms with van der Waals surface area (Å²) >= 11 is 2.19. The van der Waals surface area contributed by atoms with E-state index in [1.165, 1.54) is 16.8 Å². The van der Waals surface area contributed by atoms with Crippen LogP contribution in [-0.4, -0.2) is 27.4 Å². The highest BCUT2D eigenvalue weighted by atomic mass is 127. The molecule has 44 heavy (non-hydrogen) atoms. The predicted octanol–water partition coefficient (Wildman–Crippen LogP) is 7.87. The summed E-state index contributed by atoms with van der Waals surface area (Å²) in [5, 5.41) is 16.0. The second-order valence-corrected chi connectivity index (χ2v) is 11.7. The summed E-state index contributed by atoms with van der Waals surface area (Å²) in [6.45, 7) is 8.98. The van der Waals surface area contributed by atoms with E-state index in [1.807, 2.05) is 62.4 Å². The fourth-order valence-corrected chi connectivity index (χ4v) is 5.48. The van der Waals surface area contributed by atoms with Crippen molar-refractivity contribution in [3.8, 4) is 22.9 Å². The van der Waals surface area contributed by atoms with Crippen molar-refractivity contribution < 1.29 is 14.4 Å². The van der Waals surface area contributed by atoms with Crippen LogP contribution in [0.15, 0.2) is 88.8 Å². The van der Waals surface area contributed by atoms with Gasteiger partial charge in [-0.1, -0.05) is 26.0 Å². The molecule has 0 atom stereocenters. The summed E-state index contributed by atoms with van der Waals surface area (Å²) in [5.74, 6) is 2.14. The topological polar surface area (TPSA) is 109 Å². The molecule has 9 nitrogen and oxygen atoms in total. The third-order valence-corrected chi connectivity index (χ3v) is 7.94. The first-order chi connectivity index (χ1) is 21.2. The maximum Gasteiger partial charge on any atom is 0.282 e. The van der Waals surface area contributed by atoms with Crippen LogP contribution in [-0.2, 0) is 6.61 Å². The number of halogens is 1. The van der Waals surface area contributed by atoms with E-state index in [4.69, 9.17) is 14.5 Å². The lowest BCUT2D eigenvalue weighted by molar-refractivity contribution is -0.384. The molecule has 1 aromatic heterocycles. The van der Waals surface area contributed by atoms with E-state index in [9.17, 15) is 14.9 Å². The fourth-order valence-electron chi connectivity index (χ4n) is 4.79. The highest BCUT2D eigenvalue weighted by Gasteiger charge is 2.18. The quantitative estimate of drug-likeness (QED) is 0.0635. The third kappa shape index (κ3) is 6.65. The molecule has 4 aromatic carbocycles. The average Bonchev–Trinajstić information content (AvgIpc) is 3.00. The molecule has 5 rings (SSSR count). The lowest BCUT2D eigenvalue weighted by atomic mass is 9.96. The summed E-state index contributed by atoms with van der Waals surface area (Å²) < 4.78 is 14.1. The van der Waals surface area contributed by atoms with Crippen LogP contribution in [0.5, 0.6) is 11.5 Å². The van der Waals surface area contributed by atoms with E-state index in [1.54, 1.807) is 24.4 Å². The summed E-state index contributed by atoms with van der Waals surface area (Å²) in [4.78, 5) is 29.1. The minimum absolute atomic E-state index is 0.0360. The minimum Gasteiger partial charge on any atom is -0.494 e. The van der Waals surface area contributed by atoms with E-state index in [-0.39, 0.29) is 23.8 Å². The van der Waals surface area contributed by atoms with Crippen LogP contribution in [0.25, 0.3) is 22.3 Å². The van der Waals surface area contributed by atoms with Crippen LogP contribution >= 0.6 is 22.6 Å². The van der Waals surface area contributed by atoms with Gasteiger partial charge in [0.15, 0.2) is 5.82 Å². The number of benzene rings is 4. The van der Waals surface area contributed by atoms with Gasteiger partial charge in [0.05, 0.1) is 32.2 Å². The maximum absolute atomic E-state index is 13.8. The zero-order valence-electron chi connectivity index (χ0n) is 24.8. The molecule has 0 saturated carbocycles. The highest BCUT2D eigenvalue weighted by Crippen LogP contribution is 2.34. The van der Waals surface area contributed by atoms with E-state index >= 15 is 0 Å². The van der Waals surface area contributed by atoms with Gasteiger partial charge in [0.2, 0.25) is 0 Å². The molecule has 5 aromatic rings. The number of ether oxygens (including phenoxy) is 2. The van der Waals surface area contributed by atoms with Gasteiger partial charge >= 0.3 is 0 Å². The Balaban J connectivity index is 1.49. The van der Waals surface area contributed by atoms with Crippen molar-refractivity contribution in [2.24, 2.45) is 5.10 Å². The normalized spacial score (nSPS) is 11.4. The van der Waals surface area contributed by atoms with E-state index < -0.39 is 4.92 Å². The van der Waals surface area contributed by atoms with Crippen LogP contribution < -0.4 is 15.0 Å². The van der Waals surface area contributed by atoms with Crippen LogP contribution in [0.4, 0.5) is 5.69 Å². The van der Waals surface area contributed by atoms with Crippen LogP contribution in [0.3, 0.4) is 0 Å². The van der Waals surface area contributed by atoms with Crippen molar-refractivity contribution in [3.05, 3.63) is 125 Å². The zero-order valence-corrected chi connectivity index (χ0v) is 26.9. The number of nitrogens with zero attached hydrogens (tertiary/aromatic N) is 4. The van der Waals surface area contributed by atoms with E-state index in [0.717, 1.165) is 37.1 Å². The summed E-state index contributed by atoms with van der Waals surface area (Å²) in [5.41, 5.74) is 4.72. The molecule has 0 N–H and O–H groups in total. The van der Waals surface area contributed by atoms with Gasteiger partial charge in [-0.2, -0.15) is 9.78 Å². The molecule has 224 valence electrons.